The third kappa shape index (κ3) is 1.29. The number of nitrogens with zero attached hydrogens (tertiary/aromatic N) is 1. The van der Waals surface area contributed by atoms with Crippen molar-refractivity contribution in [1.82, 2.24) is 0 Å². The first kappa shape index (κ1) is 9.88. The van der Waals surface area contributed by atoms with E-state index in [1.165, 1.54) is 43.2 Å². The van der Waals surface area contributed by atoms with Crippen molar-refractivity contribution >= 4 is 5.71 Å². The second kappa shape index (κ2) is 3.62. The van der Waals surface area contributed by atoms with Crippen molar-refractivity contribution in [2.24, 2.45) is 5.16 Å². The third-order valence-electron chi connectivity index (χ3n) is 4.25. The van der Waals surface area contributed by atoms with E-state index < -0.39 is 0 Å². The van der Waals surface area contributed by atoms with E-state index in [1.54, 1.807) is 0 Å². The number of fused-ring (bicyclic) bond motifs is 2. The van der Waals surface area contributed by atoms with Gasteiger partial charge in [-0.15, -0.1) is 0 Å². The van der Waals surface area contributed by atoms with Crippen LogP contribution >= 0.6 is 0 Å². The monoisotopic (exact) mass is 215 g/mol. The molecule has 0 aromatic heterocycles. The average Bonchev–Trinajstić information content (AvgIpc) is 2.66. The fraction of sp³-hybridized carbons (Fsp3) is 0.500. The minimum atomic E-state index is 0.288. The molecule has 1 saturated carbocycles. The Balaban J connectivity index is 2.11. The quantitative estimate of drug-likeness (QED) is 0.521. The van der Waals surface area contributed by atoms with Gasteiger partial charge < -0.3 is 5.21 Å². The molecule has 2 aliphatic rings. The molecule has 0 amide bonds. The van der Waals surface area contributed by atoms with E-state index in [9.17, 15) is 0 Å². The summed E-state index contributed by atoms with van der Waals surface area (Å²) in [7, 11) is 0. The van der Waals surface area contributed by atoms with E-state index in [-0.39, 0.29) is 5.41 Å². The lowest BCUT2D eigenvalue weighted by atomic mass is 9.70. The van der Waals surface area contributed by atoms with Crippen molar-refractivity contribution in [3.05, 3.63) is 35.4 Å². The summed E-state index contributed by atoms with van der Waals surface area (Å²) < 4.78 is 0. The summed E-state index contributed by atoms with van der Waals surface area (Å²) in [4.78, 5) is 0. The highest BCUT2D eigenvalue weighted by Gasteiger charge is 2.42. The lowest BCUT2D eigenvalue weighted by Gasteiger charge is -2.33. The zero-order chi connectivity index (χ0) is 11.0. The number of rotatable bonds is 0. The number of hydrogen-bond donors (Lipinski definition) is 1. The van der Waals surface area contributed by atoms with Crippen LogP contribution in [0.15, 0.2) is 29.4 Å². The van der Waals surface area contributed by atoms with Gasteiger partial charge in [0.1, 0.15) is 0 Å². The molecule has 3 rings (SSSR count). The number of benzene rings is 1. The minimum Gasteiger partial charge on any atom is -0.411 e. The van der Waals surface area contributed by atoms with Gasteiger partial charge >= 0.3 is 0 Å². The molecule has 1 fully saturated rings. The van der Waals surface area contributed by atoms with Gasteiger partial charge in [0, 0.05) is 17.4 Å². The Morgan fingerprint density at radius 3 is 2.56 bits per heavy atom. The maximum absolute atomic E-state index is 9.11. The Morgan fingerprint density at radius 2 is 1.81 bits per heavy atom. The Labute approximate surface area is 96.0 Å². The first-order chi connectivity index (χ1) is 7.86. The molecule has 0 heterocycles. The fourth-order valence-electron chi connectivity index (χ4n) is 3.47. The smallest absolute Gasteiger partial charge is 0.0879 e. The number of oxime groups is 1. The van der Waals surface area contributed by atoms with Gasteiger partial charge in [0.15, 0.2) is 0 Å². The van der Waals surface area contributed by atoms with E-state index in [0.717, 1.165) is 12.1 Å². The first-order valence-electron chi connectivity index (χ1n) is 6.17. The van der Waals surface area contributed by atoms with Crippen molar-refractivity contribution < 1.29 is 5.21 Å². The molecular formula is C14H17NO. The highest BCUT2D eigenvalue weighted by Crippen LogP contribution is 2.48. The second-order valence-electron chi connectivity index (χ2n) is 5.11. The van der Waals surface area contributed by atoms with Crippen molar-refractivity contribution in [2.45, 2.75) is 43.9 Å². The van der Waals surface area contributed by atoms with Crippen LogP contribution < -0.4 is 0 Å². The Kier molecular flexibility index (Phi) is 2.23. The summed E-state index contributed by atoms with van der Waals surface area (Å²) in [6, 6.07) is 8.45. The molecular weight excluding hydrogens is 198 g/mol. The van der Waals surface area contributed by atoms with Crippen LogP contribution in [0.1, 0.15) is 49.7 Å². The molecule has 1 aromatic carbocycles. The van der Waals surface area contributed by atoms with Crippen LogP contribution in [0.4, 0.5) is 0 Å². The van der Waals surface area contributed by atoms with Gasteiger partial charge in [-0.05, 0) is 18.4 Å². The molecule has 1 aromatic rings. The van der Waals surface area contributed by atoms with Gasteiger partial charge in [0.25, 0.3) is 0 Å². The lowest BCUT2D eigenvalue weighted by molar-refractivity contribution is 0.297. The molecule has 0 bridgehead atoms. The highest BCUT2D eigenvalue weighted by atomic mass is 16.4. The zero-order valence-electron chi connectivity index (χ0n) is 9.45. The van der Waals surface area contributed by atoms with Crippen molar-refractivity contribution in [1.29, 1.82) is 0 Å². The molecule has 2 aliphatic carbocycles. The van der Waals surface area contributed by atoms with Gasteiger partial charge in [-0.3, -0.25) is 0 Å². The van der Waals surface area contributed by atoms with Crippen LogP contribution in [-0.2, 0) is 5.41 Å². The van der Waals surface area contributed by atoms with Gasteiger partial charge in [-0.25, -0.2) is 0 Å². The van der Waals surface area contributed by atoms with E-state index in [0.29, 0.717) is 0 Å². The number of hydrogen-bond acceptors (Lipinski definition) is 2. The van der Waals surface area contributed by atoms with Crippen LogP contribution in [0.3, 0.4) is 0 Å². The predicted octanol–water partition coefficient (Wildman–Crippen LogP) is 3.47. The fourth-order valence-corrected chi connectivity index (χ4v) is 3.47. The summed E-state index contributed by atoms with van der Waals surface area (Å²) >= 11 is 0. The van der Waals surface area contributed by atoms with Gasteiger partial charge in [0.2, 0.25) is 0 Å². The Bertz CT molecular complexity index is 430. The van der Waals surface area contributed by atoms with Crippen LogP contribution in [0.25, 0.3) is 0 Å². The van der Waals surface area contributed by atoms with Gasteiger partial charge in [-0.2, -0.15) is 0 Å². The summed E-state index contributed by atoms with van der Waals surface area (Å²) in [5.41, 5.74) is 3.77. The molecule has 1 N–H and O–H groups in total. The maximum Gasteiger partial charge on any atom is 0.0879 e. The highest BCUT2D eigenvalue weighted by molar-refractivity contribution is 6.05. The molecule has 16 heavy (non-hydrogen) atoms. The van der Waals surface area contributed by atoms with E-state index >= 15 is 0 Å². The van der Waals surface area contributed by atoms with Crippen LogP contribution in [0.5, 0.6) is 0 Å². The maximum atomic E-state index is 9.11. The normalized spacial score (nSPS) is 24.9. The second-order valence-corrected chi connectivity index (χ2v) is 5.11. The van der Waals surface area contributed by atoms with Crippen LogP contribution in [0.2, 0.25) is 0 Å². The minimum absolute atomic E-state index is 0.288. The van der Waals surface area contributed by atoms with Crippen molar-refractivity contribution in [3.63, 3.8) is 0 Å². The SMILES string of the molecule is O/N=C1/CC2(CCCCC2)c2ccccc21. The Morgan fingerprint density at radius 1 is 1.06 bits per heavy atom. The van der Waals surface area contributed by atoms with Crippen molar-refractivity contribution in [3.8, 4) is 0 Å². The average molecular weight is 215 g/mol. The predicted molar refractivity (Wildman–Crippen MR) is 64.1 cm³/mol. The summed E-state index contributed by atoms with van der Waals surface area (Å²) in [5.74, 6) is 0. The van der Waals surface area contributed by atoms with Crippen LogP contribution in [0, 0.1) is 0 Å². The van der Waals surface area contributed by atoms with E-state index in [4.69, 9.17) is 5.21 Å². The molecule has 0 radical (unpaired) electrons. The van der Waals surface area contributed by atoms with Gasteiger partial charge in [-0.1, -0.05) is 48.7 Å². The van der Waals surface area contributed by atoms with Crippen molar-refractivity contribution in [2.75, 3.05) is 0 Å². The lowest BCUT2D eigenvalue weighted by Crippen LogP contribution is -2.26. The molecule has 0 saturated heterocycles. The zero-order valence-corrected chi connectivity index (χ0v) is 9.45. The molecule has 1 spiro atoms. The molecule has 84 valence electrons. The molecule has 0 aliphatic heterocycles. The summed E-state index contributed by atoms with van der Waals surface area (Å²) in [6.45, 7) is 0. The van der Waals surface area contributed by atoms with E-state index in [2.05, 4.69) is 23.4 Å². The standard InChI is InChI=1S/C14H17NO/c16-15-13-10-14(8-4-1-5-9-14)12-7-3-2-6-11(12)13/h2-3,6-7,16H,1,4-5,8-10H2/b15-13-. The first-order valence-corrected chi connectivity index (χ1v) is 6.17. The van der Waals surface area contributed by atoms with E-state index in [1.807, 2.05) is 6.07 Å². The summed E-state index contributed by atoms with van der Waals surface area (Å²) in [6.07, 6.45) is 7.42. The summed E-state index contributed by atoms with van der Waals surface area (Å²) in [5, 5.41) is 12.6. The molecule has 2 heteroatoms. The molecule has 0 unspecified atom stereocenters. The third-order valence-corrected chi connectivity index (χ3v) is 4.25. The molecule has 2 nitrogen and oxygen atoms in total. The van der Waals surface area contributed by atoms with Crippen LogP contribution in [-0.4, -0.2) is 10.9 Å². The van der Waals surface area contributed by atoms with Gasteiger partial charge in [0.05, 0.1) is 5.71 Å². The topological polar surface area (TPSA) is 32.6 Å². The molecule has 0 atom stereocenters. The largest absolute Gasteiger partial charge is 0.411 e. The Hall–Kier alpha value is -1.31.